The summed E-state index contributed by atoms with van der Waals surface area (Å²) in [6.45, 7) is 4.67. The summed E-state index contributed by atoms with van der Waals surface area (Å²) in [5.41, 5.74) is 6.44. The second-order valence-electron chi connectivity index (χ2n) is 4.28. The third kappa shape index (κ3) is 2.65. The highest BCUT2D eigenvalue weighted by atomic mass is 16.5. The Balaban J connectivity index is 2.20. The van der Waals surface area contributed by atoms with E-state index in [9.17, 15) is 0 Å². The molecule has 19 heavy (non-hydrogen) atoms. The van der Waals surface area contributed by atoms with E-state index in [0.717, 1.165) is 17.1 Å². The molecule has 5 heteroatoms. The summed E-state index contributed by atoms with van der Waals surface area (Å²) in [5.74, 6) is 1.36. The lowest BCUT2D eigenvalue weighted by atomic mass is 10.3. The van der Waals surface area contributed by atoms with Crippen LogP contribution in [0.2, 0.25) is 0 Å². The molecule has 1 N–H and O–H groups in total. The van der Waals surface area contributed by atoms with Crippen LogP contribution in [0.15, 0.2) is 24.4 Å². The van der Waals surface area contributed by atoms with E-state index in [1.165, 1.54) is 0 Å². The molecule has 0 unspecified atom stereocenters. The number of aromatic nitrogens is 2. The summed E-state index contributed by atoms with van der Waals surface area (Å²) in [6.07, 6.45) is 1.72. The van der Waals surface area contributed by atoms with E-state index in [0.29, 0.717) is 18.0 Å². The van der Waals surface area contributed by atoms with Crippen molar-refractivity contribution < 1.29 is 9.47 Å². The minimum absolute atomic E-state index is 0.566. The van der Waals surface area contributed by atoms with Gasteiger partial charge in [-0.05, 0) is 26.0 Å². The van der Waals surface area contributed by atoms with E-state index in [-0.39, 0.29) is 0 Å². The molecule has 0 aliphatic carbocycles. The highest BCUT2D eigenvalue weighted by Gasteiger charge is 2.11. The summed E-state index contributed by atoms with van der Waals surface area (Å²) >= 11 is 0. The van der Waals surface area contributed by atoms with Gasteiger partial charge in [0.2, 0.25) is 0 Å². The Morgan fingerprint density at radius 1 is 1.11 bits per heavy atom. The second kappa shape index (κ2) is 5.65. The Morgan fingerprint density at radius 3 is 2.37 bits per heavy atom. The average Bonchev–Trinajstić information content (AvgIpc) is 2.75. The molecule has 0 aliphatic heterocycles. The fraction of sp³-hybridized carbons (Fsp3) is 0.357. The van der Waals surface area contributed by atoms with Crippen LogP contribution < -0.4 is 14.9 Å². The van der Waals surface area contributed by atoms with Crippen LogP contribution in [0.5, 0.6) is 11.5 Å². The monoisotopic (exact) mass is 261 g/mol. The number of rotatable bonds is 5. The molecule has 0 saturated carbocycles. The van der Waals surface area contributed by atoms with Crippen molar-refractivity contribution in [3.8, 4) is 11.5 Å². The molecule has 0 spiro atoms. The quantitative estimate of drug-likeness (QED) is 0.897. The summed E-state index contributed by atoms with van der Waals surface area (Å²) in [6, 6.07) is 5.92. The third-order valence-electron chi connectivity index (χ3n) is 3.04. The van der Waals surface area contributed by atoms with E-state index in [2.05, 4.69) is 36.4 Å². The largest absolute Gasteiger partial charge is 0.493 e. The van der Waals surface area contributed by atoms with E-state index >= 15 is 0 Å². The maximum Gasteiger partial charge on any atom is 0.184 e. The Labute approximate surface area is 113 Å². The molecule has 0 atom stereocenters. The molecule has 2 heterocycles. The van der Waals surface area contributed by atoms with Gasteiger partial charge in [0.25, 0.3) is 0 Å². The van der Waals surface area contributed by atoms with Crippen molar-refractivity contribution in [3.63, 3.8) is 0 Å². The highest BCUT2D eigenvalue weighted by molar-refractivity contribution is 5.43. The first-order chi connectivity index (χ1) is 9.17. The first kappa shape index (κ1) is 13.3. The molecule has 0 radical (unpaired) electrons. The fourth-order valence-electron chi connectivity index (χ4n) is 2.05. The van der Waals surface area contributed by atoms with Crippen LogP contribution >= 0.6 is 0 Å². The van der Waals surface area contributed by atoms with Gasteiger partial charge in [-0.25, -0.2) is 0 Å². The van der Waals surface area contributed by atoms with Crippen molar-refractivity contribution in [2.24, 2.45) is 0 Å². The van der Waals surface area contributed by atoms with Gasteiger partial charge in [0.15, 0.2) is 11.5 Å². The number of aryl methyl sites for hydroxylation is 2. The van der Waals surface area contributed by atoms with Crippen molar-refractivity contribution >= 4 is 0 Å². The maximum absolute atomic E-state index is 5.36. The first-order valence-electron chi connectivity index (χ1n) is 6.12. The zero-order valence-corrected chi connectivity index (χ0v) is 11.7. The number of hydrogen-bond acceptors (Lipinski definition) is 4. The number of pyridine rings is 1. The standard InChI is InChI=1S/C14H19N3O2/c1-10-5-6-11(2)17(10)16-9-12-14(19-4)13(18-3)7-8-15-12/h5-8,16H,9H2,1-4H3. The van der Waals surface area contributed by atoms with Gasteiger partial charge in [-0.3, -0.25) is 9.66 Å². The second-order valence-corrected chi connectivity index (χ2v) is 4.28. The number of nitrogens with one attached hydrogen (secondary N) is 1. The van der Waals surface area contributed by atoms with Crippen molar-refractivity contribution in [1.29, 1.82) is 0 Å². The Kier molecular flexibility index (Phi) is 3.94. The van der Waals surface area contributed by atoms with Crippen LogP contribution in [0.3, 0.4) is 0 Å². The van der Waals surface area contributed by atoms with Gasteiger partial charge in [-0.2, -0.15) is 0 Å². The first-order valence-corrected chi connectivity index (χ1v) is 6.12. The summed E-state index contributed by atoms with van der Waals surface area (Å²) in [5, 5.41) is 0. The van der Waals surface area contributed by atoms with E-state index in [1.54, 1.807) is 26.5 Å². The van der Waals surface area contributed by atoms with Gasteiger partial charge < -0.3 is 14.9 Å². The molecule has 0 saturated heterocycles. The van der Waals surface area contributed by atoms with Gasteiger partial charge >= 0.3 is 0 Å². The van der Waals surface area contributed by atoms with Crippen LogP contribution in [0.4, 0.5) is 0 Å². The zero-order chi connectivity index (χ0) is 13.8. The minimum atomic E-state index is 0.566. The van der Waals surface area contributed by atoms with Gasteiger partial charge in [-0.1, -0.05) is 0 Å². The number of methoxy groups -OCH3 is 2. The van der Waals surface area contributed by atoms with Crippen molar-refractivity contribution in [3.05, 3.63) is 41.5 Å². The number of ether oxygens (including phenoxy) is 2. The van der Waals surface area contributed by atoms with Crippen molar-refractivity contribution in [2.75, 3.05) is 19.6 Å². The predicted octanol–water partition coefficient (Wildman–Crippen LogP) is 2.26. The van der Waals surface area contributed by atoms with Crippen LogP contribution in [0, 0.1) is 13.8 Å². The molecule has 0 aliphatic rings. The lowest BCUT2D eigenvalue weighted by molar-refractivity contribution is 0.349. The van der Waals surface area contributed by atoms with Crippen LogP contribution in [-0.2, 0) is 6.54 Å². The average molecular weight is 261 g/mol. The maximum atomic E-state index is 5.36. The smallest absolute Gasteiger partial charge is 0.184 e. The van der Waals surface area contributed by atoms with Crippen LogP contribution in [0.25, 0.3) is 0 Å². The highest BCUT2D eigenvalue weighted by Crippen LogP contribution is 2.28. The van der Waals surface area contributed by atoms with Crippen LogP contribution in [0.1, 0.15) is 17.1 Å². The Morgan fingerprint density at radius 2 is 1.79 bits per heavy atom. The lowest BCUT2D eigenvalue weighted by Gasteiger charge is -2.15. The topological polar surface area (TPSA) is 48.3 Å². The van der Waals surface area contributed by atoms with Gasteiger partial charge in [0.1, 0.15) is 5.69 Å². The molecule has 0 amide bonds. The third-order valence-corrected chi connectivity index (χ3v) is 3.04. The minimum Gasteiger partial charge on any atom is -0.493 e. The summed E-state index contributed by atoms with van der Waals surface area (Å²) < 4.78 is 12.7. The Hall–Kier alpha value is -2.17. The molecule has 0 aromatic carbocycles. The van der Waals surface area contributed by atoms with E-state index < -0.39 is 0 Å². The summed E-state index contributed by atoms with van der Waals surface area (Å²) in [7, 11) is 3.24. The van der Waals surface area contributed by atoms with Crippen molar-refractivity contribution in [2.45, 2.75) is 20.4 Å². The lowest BCUT2D eigenvalue weighted by Crippen LogP contribution is -2.18. The predicted molar refractivity (Wildman–Crippen MR) is 74.3 cm³/mol. The molecule has 0 fully saturated rings. The molecular formula is C14H19N3O2. The molecule has 2 aromatic rings. The van der Waals surface area contributed by atoms with Crippen LogP contribution in [-0.4, -0.2) is 23.9 Å². The fourth-order valence-corrected chi connectivity index (χ4v) is 2.05. The van der Waals surface area contributed by atoms with Gasteiger partial charge in [0, 0.05) is 23.7 Å². The molecule has 5 nitrogen and oxygen atoms in total. The van der Waals surface area contributed by atoms with Gasteiger partial charge in [0.05, 0.1) is 20.8 Å². The number of nitrogens with zero attached hydrogens (tertiary/aromatic N) is 2. The molecule has 2 aromatic heterocycles. The Bertz CT molecular complexity index is 544. The molecular weight excluding hydrogens is 242 g/mol. The van der Waals surface area contributed by atoms with E-state index in [4.69, 9.17) is 9.47 Å². The zero-order valence-electron chi connectivity index (χ0n) is 11.7. The molecule has 102 valence electrons. The van der Waals surface area contributed by atoms with Crippen molar-refractivity contribution in [1.82, 2.24) is 9.66 Å². The molecule has 0 bridgehead atoms. The van der Waals surface area contributed by atoms with E-state index in [1.807, 2.05) is 4.68 Å². The SMILES string of the molecule is COc1ccnc(CNn2c(C)ccc2C)c1OC. The molecule has 2 rings (SSSR count). The number of hydrogen-bond donors (Lipinski definition) is 1. The van der Waals surface area contributed by atoms with Gasteiger partial charge in [-0.15, -0.1) is 0 Å². The summed E-state index contributed by atoms with van der Waals surface area (Å²) in [4.78, 5) is 4.34. The normalized spacial score (nSPS) is 10.3.